The van der Waals surface area contributed by atoms with Crippen LogP contribution in [0.25, 0.3) is 10.9 Å². The lowest BCUT2D eigenvalue weighted by molar-refractivity contribution is 0.0998. The minimum Gasteiger partial charge on any atom is -0.495 e. The number of carbonyl (C=O) groups is 1. The molecule has 0 N–H and O–H groups in total. The van der Waals surface area contributed by atoms with Gasteiger partial charge in [0.05, 0.1) is 23.9 Å². The molecule has 80 valence electrons. The molecule has 2 aromatic rings. The van der Waals surface area contributed by atoms with Gasteiger partial charge in [-0.3, -0.25) is 9.78 Å². The minimum absolute atomic E-state index is 0.00750. The van der Waals surface area contributed by atoms with Crippen LogP contribution in [0.5, 0.6) is 5.75 Å². The van der Waals surface area contributed by atoms with Crippen molar-refractivity contribution in [3.05, 3.63) is 30.0 Å². The highest BCUT2D eigenvalue weighted by atomic mass is 16.5. The Morgan fingerprint density at radius 2 is 2.12 bits per heavy atom. The Kier molecular flexibility index (Phi) is 1.68. The molecular weight excluding hydrogens is 204 g/mol. The topological polar surface area (TPSA) is 42.4 Å². The normalized spacial score (nSPS) is 13.6. The van der Waals surface area contributed by atoms with E-state index in [0.717, 1.165) is 16.6 Å². The monoisotopic (exact) mass is 214 g/mol. The Bertz CT molecular complexity index is 607. The second kappa shape index (κ2) is 2.95. The number of pyridine rings is 1. The van der Waals surface area contributed by atoms with E-state index in [4.69, 9.17) is 4.74 Å². The summed E-state index contributed by atoms with van der Waals surface area (Å²) in [7, 11) is 3.35. The van der Waals surface area contributed by atoms with Gasteiger partial charge < -0.3 is 9.64 Å². The molecule has 16 heavy (non-hydrogen) atoms. The van der Waals surface area contributed by atoms with Gasteiger partial charge in [-0.15, -0.1) is 0 Å². The van der Waals surface area contributed by atoms with E-state index in [0.29, 0.717) is 11.3 Å². The molecule has 4 heteroatoms. The molecule has 0 atom stereocenters. The summed E-state index contributed by atoms with van der Waals surface area (Å²) in [6.45, 7) is 0. The Labute approximate surface area is 92.5 Å². The van der Waals surface area contributed by atoms with Crippen LogP contribution in [0, 0.1) is 0 Å². The Hall–Kier alpha value is -2.10. The number of methoxy groups -OCH3 is 1. The van der Waals surface area contributed by atoms with Gasteiger partial charge in [0.25, 0.3) is 5.91 Å². The highest BCUT2D eigenvalue weighted by Crippen LogP contribution is 2.42. The molecule has 0 aliphatic carbocycles. The average molecular weight is 214 g/mol. The molecule has 1 aromatic heterocycles. The number of rotatable bonds is 1. The fourth-order valence-electron chi connectivity index (χ4n) is 2.17. The highest BCUT2D eigenvalue weighted by molar-refractivity contribution is 6.25. The SMILES string of the molecule is COc1ccc2nccc3c2c1N(C)C3=O. The summed E-state index contributed by atoms with van der Waals surface area (Å²) in [5, 5.41) is 0.884. The Morgan fingerprint density at radius 3 is 2.88 bits per heavy atom. The van der Waals surface area contributed by atoms with Crippen molar-refractivity contribution in [3.8, 4) is 5.75 Å². The number of benzene rings is 1. The molecule has 1 amide bonds. The van der Waals surface area contributed by atoms with Gasteiger partial charge in [0.2, 0.25) is 0 Å². The third kappa shape index (κ3) is 0.934. The maximum Gasteiger partial charge on any atom is 0.258 e. The lowest BCUT2D eigenvalue weighted by Gasteiger charge is -2.13. The summed E-state index contributed by atoms with van der Waals surface area (Å²) in [6, 6.07) is 5.45. The van der Waals surface area contributed by atoms with Crippen LogP contribution in [-0.4, -0.2) is 25.0 Å². The van der Waals surface area contributed by atoms with Crippen LogP contribution in [0.4, 0.5) is 5.69 Å². The van der Waals surface area contributed by atoms with Crippen LogP contribution >= 0.6 is 0 Å². The van der Waals surface area contributed by atoms with Crippen molar-refractivity contribution in [2.45, 2.75) is 0 Å². The Morgan fingerprint density at radius 1 is 1.31 bits per heavy atom. The van der Waals surface area contributed by atoms with Crippen LogP contribution in [0.2, 0.25) is 0 Å². The van der Waals surface area contributed by atoms with Gasteiger partial charge in [-0.1, -0.05) is 0 Å². The first-order valence-corrected chi connectivity index (χ1v) is 4.98. The molecule has 0 radical (unpaired) electrons. The van der Waals surface area contributed by atoms with Crippen LogP contribution in [0.15, 0.2) is 24.4 Å². The van der Waals surface area contributed by atoms with Gasteiger partial charge >= 0.3 is 0 Å². The van der Waals surface area contributed by atoms with Crippen molar-refractivity contribution in [1.82, 2.24) is 4.98 Å². The number of nitrogens with zero attached hydrogens (tertiary/aromatic N) is 2. The summed E-state index contributed by atoms with van der Waals surface area (Å²) < 4.78 is 5.27. The molecular formula is C12H10N2O2. The molecule has 0 saturated carbocycles. The first-order valence-electron chi connectivity index (χ1n) is 4.98. The number of ether oxygens (including phenoxy) is 1. The number of hydrogen-bond donors (Lipinski definition) is 0. The molecule has 0 unspecified atom stereocenters. The van der Waals surface area contributed by atoms with Gasteiger partial charge in [-0.05, 0) is 18.2 Å². The number of amides is 1. The lowest BCUT2D eigenvalue weighted by atomic mass is 10.1. The molecule has 0 bridgehead atoms. The summed E-state index contributed by atoms with van der Waals surface area (Å²) in [6.07, 6.45) is 1.66. The Balaban J connectivity index is 2.50. The molecule has 0 saturated heterocycles. The molecule has 1 aliphatic heterocycles. The van der Waals surface area contributed by atoms with E-state index in [1.165, 1.54) is 0 Å². The largest absolute Gasteiger partial charge is 0.495 e. The minimum atomic E-state index is -0.00750. The van der Waals surface area contributed by atoms with Crippen molar-refractivity contribution in [3.63, 3.8) is 0 Å². The van der Waals surface area contributed by atoms with Gasteiger partial charge in [0, 0.05) is 18.6 Å². The van der Waals surface area contributed by atoms with E-state index in [1.54, 1.807) is 31.3 Å². The zero-order chi connectivity index (χ0) is 11.3. The van der Waals surface area contributed by atoms with Gasteiger partial charge in [0.1, 0.15) is 5.75 Å². The second-order valence-corrected chi connectivity index (χ2v) is 3.73. The van der Waals surface area contributed by atoms with Gasteiger partial charge in [0.15, 0.2) is 0 Å². The second-order valence-electron chi connectivity index (χ2n) is 3.73. The van der Waals surface area contributed by atoms with E-state index < -0.39 is 0 Å². The number of carbonyl (C=O) groups excluding carboxylic acids is 1. The van der Waals surface area contributed by atoms with Crippen molar-refractivity contribution in [2.75, 3.05) is 19.1 Å². The molecule has 1 aromatic carbocycles. The molecule has 4 nitrogen and oxygen atoms in total. The number of hydrogen-bond acceptors (Lipinski definition) is 3. The van der Waals surface area contributed by atoms with E-state index in [1.807, 2.05) is 12.1 Å². The maximum absolute atomic E-state index is 12.0. The molecule has 0 fully saturated rings. The van der Waals surface area contributed by atoms with Crippen molar-refractivity contribution in [1.29, 1.82) is 0 Å². The summed E-state index contributed by atoms with van der Waals surface area (Å²) in [5.41, 5.74) is 2.33. The van der Waals surface area contributed by atoms with Gasteiger partial charge in [-0.2, -0.15) is 0 Å². The van der Waals surface area contributed by atoms with E-state index in [9.17, 15) is 4.79 Å². The lowest BCUT2D eigenvalue weighted by Crippen LogP contribution is -2.21. The molecule has 1 aliphatic rings. The smallest absolute Gasteiger partial charge is 0.258 e. The van der Waals surface area contributed by atoms with Crippen molar-refractivity contribution in [2.24, 2.45) is 0 Å². The van der Waals surface area contributed by atoms with E-state index >= 15 is 0 Å². The predicted molar refractivity (Wildman–Crippen MR) is 61.0 cm³/mol. The van der Waals surface area contributed by atoms with Crippen molar-refractivity contribution < 1.29 is 9.53 Å². The first-order chi connectivity index (χ1) is 7.74. The molecule has 3 rings (SSSR count). The predicted octanol–water partition coefficient (Wildman–Crippen LogP) is 1.83. The number of anilines is 1. The summed E-state index contributed by atoms with van der Waals surface area (Å²) in [4.78, 5) is 17.8. The molecule has 2 heterocycles. The standard InChI is InChI=1S/C12H10N2O2/c1-14-11-9(16-2)4-3-8-10(11)7(12(14)15)5-6-13-8/h3-6H,1-2H3. The fourth-order valence-corrected chi connectivity index (χ4v) is 2.17. The number of aromatic nitrogens is 1. The highest BCUT2D eigenvalue weighted by Gasteiger charge is 2.30. The first kappa shape index (κ1) is 9.15. The molecule has 0 spiro atoms. The summed E-state index contributed by atoms with van der Waals surface area (Å²) >= 11 is 0. The van der Waals surface area contributed by atoms with Gasteiger partial charge in [-0.25, -0.2) is 0 Å². The third-order valence-corrected chi connectivity index (χ3v) is 2.93. The van der Waals surface area contributed by atoms with E-state index in [2.05, 4.69) is 4.98 Å². The summed E-state index contributed by atoms with van der Waals surface area (Å²) in [5.74, 6) is 0.696. The van der Waals surface area contributed by atoms with Crippen LogP contribution in [-0.2, 0) is 0 Å². The van der Waals surface area contributed by atoms with Crippen LogP contribution in [0.1, 0.15) is 10.4 Å². The maximum atomic E-state index is 12.0. The third-order valence-electron chi connectivity index (χ3n) is 2.93. The zero-order valence-corrected chi connectivity index (χ0v) is 9.02. The average Bonchev–Trinajstić information content (AvgIpc) is 2.58. The van der Waals surface area contributed by atoms with Crippen LogP contribution in [0.3, 0.4) is 0 Å². The fraction of sp³-hybridized carbons (Fsp3) is 0.167. The quantitative estimate of drug-likeness (QED) is 0.727. The zero-order valence-electron chi connectivity index (χ0n) is 9.02. The van der Waals surface area contributed by atoms with E-state index in [-0.39, 0.29) is 5.91 Å². The van der Waals surface area contributed by atoms with Crippen molar-refractivity contribution >= 4 is 22.5 Å². The van der Waals surface area contributed by atoms with Crippen LogP contribution < -0.4 is 9.64 Å².